The summed E-state index contributed by atoms with van der Waals surface area (Å²) >= 11 is 3.25. The Balaban J connectivity index is 2.13. The second-order valence-electron chi connectivity index (χ2n) is 3.69. The van der Waals surface area contributed by atoms with Crippen LogP contribution in [0.3, 0.4) is 0 Å². The molecule has 1 N–H and O–H groups in total. The third-order valence-corrected chi connectivity index (χ3v) is 3.48. The lowest BCUT2D eigenvalue weighted by atomic mass is 10.2. The molecule has 0 aromatic carbocycles. The molecule has 0 aliphatic carbocycles. The van der Waals surface area contributed by atoms with Gasteiger partial charge in [0.1, 0.15) is 6.33 Å². The van der Waals surface area contributed by atoms with Crippen molar-refractivity contribution in [2.24, 2.45) is 5.92 Å². The summed E-state index contributed by atoms with van der Waals surface area (Å²) in [6.07, 6.45) is 1.61. The molecule has 5 heteroatoms. The molecule has 1 heterocycles. The Morgan fingerprint density at radius 3 is 2.79 bits per heavy atom. The summed E-state index contributed by atoms with van der Waals surface area (Å²) < 4.78 is 5.03. The normalized spacial score (nSPS) is 13.4. The van der Waals surface area contributed by atoms with Crippen LogP contribution in [0.2, 0.25) is 0 Å². The Kier molecular flexibility index (Phi) is 5.44. The predicted octanol–water partition coefficient (Wildman–Crippen LogP) is 2.26. The van der Waals surface area contributed by atoms with E-state index in [0.29, 0.717) is 11.2 Å². The molecule has 0 bridgehead atoms. The second kappa shape index (κ2) is 6.37. The Hall–Kier alpha value is -0.130. The van der Waals surface area contributed by atoms with Crippen molar-refractivity contribution in [2.75, 3.05) is 13.1 Å². The van der Waals surface area contributed by atoms with Gasteiger partial charge in [0.2, 0.25) is 0 Å². The minimum atomic E-state index is 0.557. The lowest BCUT2D eigenvalue weighted by Gasteiger charge is -2.11. The highest BCUT2D eigenvalue weighted by Gasteiger charge is 2.06. The molecule has 0 spiro atoms. The zero-order chi connectivity index (χ0) is 10.4. The van der Waals surface area contributed by atoms with Gasteiger partial charge in [0.25, 0.3) is 0 Å². The van der Waals surface area contributed by atoms with Crippen LogP contribution in [0.1, 0.15) is 20.8 Å². The molecule has 0 aliphatic rings. The molecule has 3 nitrogen and oxygen atoms in total. The van der Waals surface area contributed by atoms with Crippen LogP contribution in [0.15, 0.2) is 10.7 Å². The van der Waals surface area contributed by atoms with Crippen molar-refractivity contribution in [1.82, 2.24) is 14.7 Å². The molecule has 1 rings (SSSR count). The van der Waals surface area contributed by atoms with Gasteiger partial charge >= 0.3 is 0 Å². The summed E-state index contributed by atoms with van der Waals surface area (Å²) in [5.41, 5.74) is 0. The van der Waals surface area contributed by atoms with Crippen LogP contribution in [-0.4, -0.2) is 27.7 Å². The van der Waals surface area contributed by atoms with Crippen LogP contribution in [0.25, 0.3) is 0 Å². The van der Waals surface area contributed by atoms with E-state index in [4.69, 9.17) is 0 Å². The molecule has 0 aliphatic heterocycles. The van der Waals surface area contributed by atoms with Crippen LogP contribution >= 0.6 is 23.3 Å². The monoisotopic (exact) mass is 231 g/mol. The average Bonchev–Trinajstić information content (AvgIpc) is 2.56. The number of rotatable bonds is 6. The molecule has 0 amide bonds. The lowest BCUT2D eigenvalue weighted by Crippen LogP contribution is -2.26. The number of thioether (sulfide) groups is 1. The van der Waals surface area contributed by atoms with Crippen molar-refractivity contribution < 1.29 is 0 Å². The van der Waals surface area contributed by atoms with Crippen molar-refractivity contribution >= 4 is 23.3 Å². The minimum absolute atomic E-state index is 0.557. The second-order valence-corrected chi connectivity index (χ2v) is 6.15. The first kappa shape index (κ1) is 11.9. The third-order valence-electron chi connectivity index (χ3n) is 1.63. The minimum Gasteiger partial charge on any atom is -0.315 e. The van der Waals surface area contributed by atoms with E-state index in [1.807, 2.05) is 0 Å². The van der Waals surface area contributed by atoms with E-state index in [9.17, 15) is 0 Å². The van der Waals surface area contributed by atoms with Crippen molar-refractivity contribution in [3.05, 3.63) is 6.33 Å². The quantitative estimate of drug-likeness (QED) is 0.762. The Bertz CT molecular complexity index is 236. The van der Waals surface area contributed by atoms with E-state index in [2.05, 4.69) is 35.4 Å². The zero-order valence-corrected chi connectivity index (χ0v) is 10.5. The van der Waals surface area contributed by atoms with Gasteiger partial charge in [0.05, 0.1) is 0 Å². The van der Waals surface area contributed by atoms with Gasteiger partial charge < -0.3 is 5.32 Å². The van der Waals surface area contributed by atoms with Crippen molar-refractivity contribution in [2.45, 2.75) is 30.4 Å². The van der Waals surface area contributed by atoms with E-state index in [1.54, 1.807) is 18.1 Å². The average molecular weight is 231 g/mol. The molecular weight excluding hydrogens is 214 g/mol. The van der Waals surface area contributed by atoms with E-state index < -0.39 is 0 Å². The van der Waals surface area contributed by atoms with E-state index in [0.717, 1.165) is 17.4 Å². The van der Waals surface area contributed by atoms with Gasteiger partial charge in [-0.1, -0.05) is 32.5 Å². The highest BCUT2D eigenvalue weighted by molar-refractivity contribution is 8.01. The fraction of sp³-hybridized carbons (Fsp3) is 0.778. The smallest absolute Gasteiger partial charge is 0.170 e. The van der Waals surface area contributed by atoms with Gasteiger partial charge in [-0.25, -0.2) is 4.98 Å². The van der Waals surface area contributed by atoms with Crippen LogP contribution in [-0.2, 0) is 0 Å². The van der Waals surface area contributed by atoms with Gasteiger partial charge in [-0.15, -0.1) is 0 Å². The molecule has 1 aromatic rings. The molecule has 1 aromatic heterocycles. The van der Waals surface area contributed by atoms with E-state index in [-0.39, 0.29) is 0 Å². The number of nitrogens with zero attached hydrogens (tertiary/aromatic N) is 2. The number of hydrogen-bond acceptors (Lipinski definition) is 5. The standard InChI is InChI=1S/C9H17N3S2/c1-7(2)4-10-5-8(3)13-9-11-6-12-14-9/h6-8,10H,4-5H2,1-3H3. The predicted molar refractivity (Wildman–Crippen MR) is 62.9 cm³/mol. The van der Waals surface area contributed by atoms with Crippen molar-refractivity contribution in [3.63, 3.8) is 0 Å². The molecular formula is C9H17N3S2. The van der Waals surface area contributed by atoms with Crippen molar-refractivity contribution in [3.8, 4) is 0 Å². The summed E-state index contributed by atoms with van der Waals surface area (Å²) in [6, 6.07) is 0. The van der Waals surface area contributed by atoms with Gasteiger partial charge in [0.15, 0.2) is 4.34 Å². The van der Waals surface area contributed by atoms with Crippen LogP contribution in [0, 0.1) is 5.92 Å². The van der Waals surface area contributed by atoms with Gasteiger partial charge in [-0.3, -0.25) is 0 Å². The Labute approximate surface area is 93.9 Å². The summed E-state index contributed by atoms with van der Waals surface area (Å²) in [5.74, 6) is 0.716. The highest BCUT2D eigenvalue weighted by Crippen LogP contribution is 2.22. The molecule has 14 heavy (non-hydrogen) atoms. The van der Waals surface area contributed by atoms with Crippen LogP contribution in [0.4, 0.5) is 0 Å². The molecule has 1 unspecified atom stereocenters. The Morgan fingerprint density at radius 2 is 2.21 bits per heavy atom. The lowest BCUT2D eigenvalue weighted by molar-refractivity contribution is 0.554. The molecule has 0 radical (unpaired) electrons. The van der Waals surface area contributed by atoms with E-state index in [1.165, 1.54) is 11.5 Å². The maximum atomic E-state index is 4.14. The maximum Gasteiger partial charge on any atom is 0.170 e. The van der Waals surface area contributed by atoms with Gasteiger partial charge in [0, 0.05) is 11.8 Å². The molecule has 0 saturated heterocycles. The largest absolute Gasteiger partial charge is 0.315 e. The van der Waals surface area contributed by atoms with Gasteiger partial charge in [-0.2, -0.15) is 4.37 Å². The number of nitrogens with one attached hydrogen (secondary N) is 1. The first-order valence-electron chi connectivity index (χ1n) is 4.82. The Morgan fingerprint density at radius 1 is 1.43 bits per heavy atom. The first-order valence-corrected chi connectivity index (χ1v) is 6.48. The number of aromatic nitrogens is 2. The summed E-state index contributed by atoms with van der Waals surface area (Å²) in [6.45, 7) is 8.76. The summed E-state index contributed by atoms with van der Waals surface area (Å²) in [7, 11) is 0. The zero-order valence-electron chi connectivity index (χ0n) is 8.86. The molecule has 80 valence electrons. The van der Waals surface area contributed by atoms with Crippen LogP contribution < -0.4 is 5.32 Å². The van der Waals surface area contributed by atoms with Crippen LogP contribution in [0.5, 0.6) is 0 Å². The highest BCUT2D eigenvalue weighted by atomic mass is 32.2. The SMILES string of the molecule is CC(C)CNCC(C)Sc1ncns1. The van der Waals surface area contributed by atoms with Crippen molar-refractivity contribution in [1.29, 1.82) is 0 Å². The third kappa shape index (κ3) is 4.93. The fourth-order valence-corrected chi connectivity index (χ4v) is 2.73. The first-order chi connectivity index (χ1) is 6.68. The topological polar surface area (TPSA) is 37.8 Å². The molecule has 0 fully saturated rings. The maximum absolute atomic E-state index is 4.14. The summed E-state index contributed by atoms with van der Waals surface area (Å²) in [4.78, 5) is 4.14. The van der Waals surface area contributed by atoms with Gasteiger partial charge in [-0.05, 0) is 24.0 Å². The number of hydrogen-bond donors (Lipinski definition) is 1. The summed E-state index contributed by atoms with van der Waals surface area (Å²) in [5, 5.41) is 3.99. The van der Waals surface area contributed by atoms with E-state index >= 15 is 0 Å². The molecule has 0 saturated carbocycles. The molecule has 1 atom stereocenters. The fourth-order valence-electron chi connectivity index (χ4n) is 1.00.